The molecule has 2 aliphatic carbocycles. The van der Waals surface area contributed by atoms with E-state index in [4.69, 9.17) is 4.74 Å². The molecule has 5 nitrogen and oxygen atoms in total. The molecule has 26 heavy (non-hydrogen) atoms. The van der Waals surface area contributed by atoms with Crippen LogP contribution in [0.5, 0.6) is 0 Å². The molecule has 1 aliphatic heterocycles. The lowest BCUT2D eigenvalue weighted by molar-refractivity contribution is -0.171. The molecule has 4 unspecified atom stereocenters. The van der Waals surface area contributed by atoms with E-state index in [-0.39, 0.29) is 24.0 Å². The molecule has 1 saturated heterocycles. The lowest BCUT2D eigenvalue weighted by Gasteiger charge is -2.63. The summed E-state index contributed by atoms with van der Waals surface area (Å²) in [5.74, 6) is 1.43. The van der Waals surface area contributed by atoms with E-state index in [9.17, 15) is 5.11 Å². The average Bonchev–Trinajstić information content (AvgIpc) is 3.01. The van der Waals surface area contributed by atoms with Gasteiger partial charge in [-0.15, -0.1) is 24.0 Å². The van der Waals surface area contributed by atoms with Gasteiger partial charge in [0.25, 0.3) is 0 Å². The Bertz CT molecular complexity index is 621. The Balaban J connectivity index is 0.00000196. The van der Waals surface area contributed by atoms with Crippen LogP contribution in [0.3, 0.4) is 0 Å². The summed E-state index contributed by atoms with van der Waals surface area (Å²) >= 11 is 0. The highest BCUT2D eigenvalue weighted by Gasteiger charge is 2.66. The number of nitrogens with one attached hydrogen (secondary N) is 2. The number of aliphatic hydroxyl groups excluding tert-OH is 1. The minimum Gasteiger partial charge on any atom is -0.386 e. The van der Waals surface area contributed by atoms with Gasteiger partial charge in [-0.2, -0.15) is 0 Å². The van der Waals surface area contributed by atoms with E-state index in [2.05, 4.69) is 22.5 Å². The number of rotatable bonds is 5. The monoisotopic (exact) mass is 471 g/mol. The maximum atomic E-state index is 10.4. The minimum absolute atomic E-state index is 0. The third-order valence-electron chi connectivity index (χ3n) is 6.28. The van der Waals surface area contributed by atoms with Crippen molar-refractivity contribution in [1.82, 2.24) is 10.6 Å². The average molecular weight is 471 g/mol. The number of aliphatic imine (C=N–C) groups is 1. The van der Waals surface area contributed by atoms with Gasteiger partial charge in [0, 0.05) is 30.5 Å². The summed E-state index contributed by atoms with van der Waals surface area (Å²) in [6, 6.07) is 10.2. The van der Waals surface area contributed by atoms with Gasteiger partial charge in [0.1, 0.15) is 0 Å². The first kappa shape index (κ1) is 19.9. The SMILES string of the molecule is CCNC(=NCC(O)c1ccccc1)NC1C2CCOC2C12CCC2.I. The third kappa shape index (κ3) is 3.47. The van der Waals surface area contributed by atoms with Crippen LogP contribution in [0.15, 0.2) is 35.3 Å². The molecule has 1 aromatic carbocycles. The largest absolute Gasteiger partial charge is 0.386 e. The molecule has 1 aromatic rings. The quantitative estimate of drug-likeness (QED) is 0.351. The van der Waals surface area contributed by atoms with Gasteiger partial charge in [0.05, 0.1) is 18.8 Å². The molecule has 0 radical (unpaired) electrons. The molecular weight excluding hydrogens is 441 g/mol. The van der Waals surface area contributed by atoms with E-state index < -0.39 is 6.10 Å². The van der Waals surface area contributed by atoms with Crippen LogP contribution >= 0.6 is 24.0 Å². The number of fused-ring (bicyclic) bond motifs is 2. The molecule has 3 aliphatic rings. The zero-order valence-corrected chi connectivity index (χ0v) is 17.7. The van der Waals surface area contributed by atoms with E-state index in [0.717, 1.165) is 31.1 Å². The number of aliphatic hydroxyl groups is 1. The third-order valence-corrected chi connectivity index (χ3v) is 6.28. The highest BCUT2D eigenvalue weighted by molar-refractivity contribution is 14.0. The molecule has 144 valence electrons. The van der Waals surface area contributed by atoms with E-state index in [1.54, 1.807) is 0 Å². The number of ether oxygens (including phenoxy) is 1. The first-order chi connectivity index (χ1) is 12.2. The molecule has 3 fully saturated rings. The van der Waals surface area contributed by atoms with Crippen molar-refractivity contribution in [2.75, 3.05) is 19.7 Å². The first-order valence-corrected chi connectivity index (χ1v) is 9.64. The Morgan fingerprint density at radius 2 is 2.12 bits per heavy atom. The van der Waals surface area contributed by atoms with Crippen LogP contribution in [0.1, 0.15) is 44.3 Å². The lowest BCUT2D eigenvalue weighted by atomic mass is 9.46. The molecule has 0 amide bonds. The van der Waals surface area contributed by atoms with Crippen molar-refractivity contribution in [3.05, 3.63) is 35.9 Å². The first-order valence-electron chi connectivity index (χ1n) is 9.64. The van der Waals surface area contributed by atoms with Gasteiger partial charge in [-0.05, 0) is 31.7 Å². The molecule has 4 atom stereocenters. The summed E-state index contributed by atoms with van der Waals surface area (Å²) in [6.45, 7) is 4.16. The van der Waals surface area contributed by atoms with Gasteiger partial charge in [-0.1, -0.05) is 36.8 Å². The molecule has 3 N–H and O–H groups in total. The summed E-state index contributed by atoms with van der Waals surface area (Å²) < 4.78 is 6.00. The predicted octanol–water partition coefficient (Wildman–Crippen LogP) is 2.85. The van der Waals surface area contributed by atoms with Crippen molar-refractivity contribution < 1.29 is 9.84 Å². The smallest absolute Gasteiger partial charge is 0.191 e. The number of nitrogens with zero attached hydrogens (tertiary/aromatic N) is 1. The molecule has 1 heterocycles. The van der Waals surface area contributed by atoms with Gasteiger partial charge in [0.15, 0.2) is 5.96 Å². The lowest BCUT2D eigenvalue weighted by Crippen LogP contribution is -2.72. The highest BCUT2D eigenvalue weighted by Crippen LogP contribution is 2.62. The Morgan fingerprint density at radius 1 is 1.35 bits per heavy atom. The fourth-order valence-corrected chi connectivity index (χ4v) is 4.88. The highest BCUT2D eigenvalue weighted by atomic mass is 127. The fourth-order valence-electron chi connectivity index (χ4n) is 4.88. The number of hydrogen-bond acceptors (Lipinski definition) is 3. The second kappa shape index (κ2) is 8.44. The van der Waals surface area contributed by atoms with Gasteiger partial charge >= 0.3 is 0 Å². The second-order valence-electron chi connectivity index (χ2n) is 7.60. The summed E-state index contributed by atoms with van der Waals surface area (Å²) in [6.07, 6.45) is 4.87. The summed E-state index contributed by atoms with van der Waals surface area (Å²) in [5.41, 5.74) is 1.24. The Morgan fingerprint density at radius 3 is 2.77 bits per heavy atom. The van der Waals surface area contributed by atoms with E-state index in [0.29, 0.717) is 30.0 Å². The van der Waals surface area contributed by atoms with E-state index in [1.807, 2.05) is 30.3 Å². The van der Waals surface area contributed by atoms with Crippen LogP contribution in [0, 0.1) is 11.3 Å². The molecule has 2 saturated carbocycles. The number of benzene rings is 1. The van der Waals surface area contributed by atoms with Gasteiger partial charge in [-0.3, -0.25) is 4.99 Å². The minimum atomic E-state index is -0.571. The molecule has 6 heteroatoms. The van der Waals surface area contributed by atoms with Crippen molar-refractivity contribution in [3.8, 4) is 0 Å². The van der Waals surface area contributed by atoms with Crippen molar-refractivity contribution in [3.63, 3.8) is 0 Å². The number of hydrogen-bond donors (Lipinski definition) is 3. The van der Waals surface area contributed by atoms with Crippen molar-refractivity contribution in [2.45, 2.75) is 50.9 Å². The van der Waals surface area contributed by atoms with E-state index >= 15 is 0 Å². The predicted molar refractivity (Wildman–Crippen MR) is 114 cm³/mol. The Labute approximate surface area is 173 Å². The zero-order valence-electron chi connectivity index (χ0n) is 15.4. The van der Waals surface area contributed by atoms with Crippen LogP contribution in [0.4, 0.5) is 0 Å². The topological polar surface area (TPSA) is 65.9 Å². The van der Waals surface area contributed by atoms with Crippen LogP contribution in [-0.4, -0.2) is 42.9 Å². The van der Waals surface area contributed by atoms with Gasteiger partial charge in [0.2, 0.25) is 0 Å². The van der Waals surface area contributed by atoms with Gasteiger partial charge in [-0.25, -0.2) is 0 Å². The van der Waals surface area contributed by atoms with E-state index in [1.165, 1.54) is 19.3 Å². The second-order valence-corrected chi connectivity index (χ2v) is 7.60. The van der Waals surface area contributed by atoms with Crippen LogP contribution in [0.25, 0.3) is 0 Å². The van der Waals surface area contributed by atoms with Crippen LogP contribution in [0.2, 0.25) is 0 Å². The standard InChI is InChI=1S/C20H29N3O2.HI/c1-2-21-19(22-13-16(24)14-7-4-3-5-8-14)23-17-15-9-12-25-18(15)20(17)10-6-11-20;/h3-5,7-8,15-18,24H,2,6,9-13H2,1H3,(H2,21,22,23);1H. The molecule has 4 rings (SSSR count). The van der Waals surface area contributed by atoms with Gasteiger partial charge < -0.3 is 20.5 Å². The molecule has 0 bridgehead atoms. The van der Waals surface area contributed by atoms with Crippen LogP contribution in [-0.2, 0) is 4.74 Å². The summed E-state index contributed by atoms with van der Waals surface area (Å²) in [4.78, 5) is 4.65. The zero-order chi connectivity index (χ0) is 17.3. The maximum Gasteiger partial charge on any atom is 0.191 e. The van der Waals surface area contributed by atoms with Crippen LogP contribution < -0.4 is 10.6 Å². The van der Waals surface area contributed by atoms with Crippen molar-refractivity contribution in [2.24, 2.45) is 16.3 Å². The Hall–Kier alpha value is -0.860. The molecule has 0 aromatic heterocycles. The molecule has 1 spiro atoms. The molecular formula is C20H30IN3O2. The summed E-state index contributed by atoms with van der Waals surface area (Å²) in [5, 5.41) is 17.4. The number of halogens is 1. The Kier molecular flexibility index (Phi) is 6.45. The summed E-state index contributed by atoms with van der Waals surface area (Å²) in [7, 11) is 0. The fraction of sp³-hybridized carbons (Fsp3) is 0.650. The number of guanidine groups is 1. The van der Waals surface area contributed by atoms with Crippen molar-refractivity contribution in [1.29, 1.82) is 0 Å². The normalized spacial score (nSPS) is 29.8. The maximum absolute atomic E-state index is 10.4. The van der Waals surface area contributed by atoms with Crippen molar-refractivity contribution >= 4 is 29.9 Å².